The molecule has 1 amide bonds. The number of hydrogen-bond acceptors (Lipinski definition) is 1. The largest absolute Gasteiger partial charge is 0.366 e. The third-order valence-electron chi connectivity index (χ3n) is 2.16. The van der Waals surface area contributed by atoms with Crippen molar-refractivity contribution in [1.82, 2.24) is 0 Å². The topological polar surface area (TPSA) is 43.1 Å². The zero-order chi connectivity index (χ0) is 11.8. The molecule has 1 aromatic carbocycles. The maximum atomic E-state index is 11.1. The van der Waals surface area contributed by atoms with Crippen LogP contribution in [-0.4, -0.2) is 5.91 Å². The van der Waals surface area contributed by atoms with E-state index in [0.717, 1.165) is 5.56 Å². The van der Waals surface area contributed by atoms with E-state index >= 15 is 0 Å². The molecule has 1 aromatic rings. The van der Waals surface area contributed by atoms with Crippen LogP contribution in [0.3, 0.4) is 0 Å². The highest BCUT2D eigenvalue weighted by Gasteiger charge is 2.19. The average molecular weight is 246 g/mol. The van der Waals surface area contributed by atoms with Crippen LogP contribution in [0.15, 0.2) is 12.1 Å². The number of amides is 1. The number of rotatable bonds is 1. The summed E-state index contributed by atoms with van der Waals surface area (Å²) in [6, 6.07) is 3.45. The van der Waals surface area contributed by atoms with Crippen molar-refractivity contribution in [3.8, 4) is 0 Å². The van der Waals surface area contributed by atoms with E-state index in [4.69, 9.17) is 28.9 Å². The molecule has 0 saturated carbocycles. The van der Waals surface area contributed by atoms with Crippen molar-refractivity contribution in [2.24, 2.45) is 5.73 Å². The number of benzene rings is 1. The van der Waals surface area contributed by atoms with E-state index in [1.165, 1.54) is 0 Å². The molecular formula is C11H13Cl2NO. The van der Waals surface area contributed by atoms with E-state index in [9.17, 15) is 4.79 Å². The van der Waals surface area contributed by atoms with Crippen molar-refractivity contribution in [3.05, 3.63) is 33.3 Å². The summed E-state index contributed by atoms with van der Waals surface area (Å²) in [4.78, 5) is 11.1. The third-order valence-corrected chi connectivity index (χ3v) is 2.96. The second-order valence-corrected chi connectivity index (χ2v) is 5.22. The van der Waals surface area contributed by atoms with Crippen LogP contribution in [-0.2, 0) is 5.41 Å². The molecule has 82 valence electrons. The predicted molar refractivity (Wildman–Crippen MR) is 63.7 cm³/mol. The lowest BCUT2D eigenvalue weighted by molar-refractivity contribution is 0.100. The predicted octanol–water partition coefficient (Wildman–Crippen LogP) is 3.39. The van der Waals surface area contributed by atoms with Gasteiger partial charge in [0.05, 0.1) is 15.6 Å². The van der Waals surface area contributed by atoms with Crippen LogP contribution in [0.2, 0.25) is 10.0 Å². The quantitative estimate of drug-likeness (QED) is 0.810. The van der Waals surface area contributed by atoms with Gasteiger partial charge in [-0.05, 0) is 23.1 Å². The summed E-state index contributed by atoms with van der Waals surface area (Å²) in [7, 11) is 0. The van der Waals surface area contributed by atoms with Gasteiger partial charge in [0.2, 0.25) is 5.91 Å². The molecule has 2 N–H and O–H groups in total. The van der Waals surface area contributed by atoms with Crippen molar-refractivity contribution >= 4 is 29.1 Å². The molecule has 0 bridgehead atoms. The second kappa shape index (κ2) is 4.03. The summed E-state index contributed by atoms with van der Waals surface area (Å²) in [5.41, 5.74) is 6.32. The lowest BCUT2D eigenvalue weighted by Gasteiger charge is -2.20. The highest BCUT2D eigenvalue weighted by Crippen LogP contribution is 2.32. The molecule has 0 spiro atoms. The molecule has 0 aliphatic carbocycles. The molecule has 0 unspecified atom stereocenters. The van der Waals surface area contributed by atoms with Crippen molar-refractivity contribution in [3.63, 3.8) is 0 Å². The van der Waals surface area contributed by atoms with E-state index in [0.29, 0.717) is 5.02 Å². The van der Waals surface area contributed by atoms with Gasteiger partial charge in [0, 0.05) is 0 Å². The van der Waals surface area contributed by atoms with Crippen LogP contribution in [0.1, 0.15) is 36.7 Å². The fourth-order valence-electron chi connectivity index (χ4n) is 1.20. The molecular weight excluding hydrogens is 233 g/mol. The molecule has 0 fully saturated rings. The standard InChI is InChI=1S/C11H13Cl2NO/c1-11(2,3)6-4-7(10(14)15)9(13)8(12)5-6/h4-5H,1-3H3,(H2,14,15). The van der Waals surface area contributed by atoms with Crippen molar-refractivity contribution in [2.75, 3.05) is 0 Å². The molecule has 0 saturated heterocycles. The van der Waals surface area contributed by atoms with Gasteiger partial charge in [0.25, 0.3) is 0 Å². The van der Waals surface area contributed by atoms with Crippen LogP contribution < -0.4 is 5.73 Å². The van der Waals surface area contributed by atoms with Gasteiger partial charge in [-0.3, -0.25) is 4.79 Å². The zero-order valence-corrected chi connectivity index (χ0v) is 10.4. The first kappa shape index (κ1) is 12.3. The molecule has 0 radical (unpaired) electrons. The summed E-state index contributed by atoms with van der Waals surface area (Å²) >= 11 is 11.8. The van der Waals surface area contributed by atoms with E-state index < -0.39 is 5.91 Å². The van der Waals surface area contributed by atoms with Crippen LogP contribution in [0, 0.1) is 0 Å². The molecule has 2 nitrogen and oxygen atoms in total. The Labute approximate surface area is 99.4 Å². The van der Waals surface area contributed by atoms with Gasteiger partial charge in [-0.1, -0.05) is 44.0 Å². The fraction of sp³-hybridized carbons (Fsp3) is 0.364. The summed E-state index contributed by atoms with van der Waals surface area (Å²) < 4.78 is 0. The van der Waals surface area contributed by atoms with E-state index in [1.54, 1.807) is 12.1 Å². The summed E-state index contributed by atoms with van der Waals surface area (Å²) in [5, 5.41) is 0.579. The van der Waals surface area contributed by atoms with E-state index in [1.807, 2.05) is 20.8 Å². The van der Waals surface area contributed by atoms with Crippen LogP contribution in [0.25, 0.3) is 0 Å². The third kappa shape index (κ3) is 2.64. The SMILES string of the molecule is CC(C)(C)c1cc(Cl)c(Cl)c(C(N)=O)c1. The maximum absolute atomic E-state index is 11.1. The molecule has 0 aromatic heterocycles. The number of primary amides is 1. The maximum Gasteiger partial charge on any atom is 0.250 e. The van der Waals surface area contributed by atoms with Crippen LogP contribution >= 0.6 is 23.2 Å². The summed E-state index contributed by atoms with van der Waals surface area (Å²) in [6.45, 7) is 6.08. The highest BCUT2D eigenvalue weighted by atomic mass is 35.5. The molecule has 0 aliphatic heterocycles. The van der Waals surface area contributed by atoms with Gasteiger partial charge < -0.3 is 5.73 Å². The lowest BCUT2D eigenvalue weighted by atomic mass is 9.86. The normalized spacial score (nSPS) is 11.5. The average Bonchev–Trinajstić information content (AvgIpc) is 2.06. The smallest absolute Gasteiger partial charge is 0.250 e. The van der Waals surface area contributed by atoms with E-state index in [-0.39, 0.29) is 16.0 Å². The summed E-state index contributed by atoms with van der Waals surface area (Å²) in [6.07, 6.45) is 0. The fourth-order valence-corrected chi connectivity index (χ4v) is 1.62. The Morgan fingerprint density at radius 2 is 1.80 bits per heavy atom. The molecule has 1 rings (SSSR count). The lowest BCUT2D eigenvalue weighted by Crippen LogP contribution is -2.16. The Bertz CT molecular complexity index is 408. The Morgan fingerprint density at radius 1 is 1.27 bits per heavy atom. The minimum Gasteiger partial charge on any atom is -0.366 e. The van der Waals surface area contributed by atoms with Gasteiger partial charge >= 0.3 is 0 Å². The molecule has 4 heteroatoms. The molecule has 0 aliphatic rings. The van der Waals surface area contributed by atoms with Gasteiger partial charge in [0.1, 0.15) is 0 Å². The first-order valence-electron chi connectivity index (χ1n) is 4.53. The van der Waals surface area contributed by atoms with Crippen LogP contribution in [0.5, 0.6) is 0 Å². The first-order chi connectivity index (χ1) is 6.73. The monoisotopic (exact) mass is 245 g/mol. The Kier molecular flexibility index (Phi) is 3.31. The Balaban J connectivity index is 3.43. The van der Waals surface area contributed by atoms with Gasteiger partial charge in [0.15, 0.2) is 0 Å². The minimum absolute atomic E-state index is 0.0988. The number of carbonyl (C=O) groups excluding carboxylic acids is 1. The van der Waals surface area contributed by atoms with Gasteiger partial charge in [-0.15, -0.1) is 0 Å². The van der Waals surface area contributed by atoms with E-state index in [2.05, 4.69) is 0 Å². The summed E-state index contributed by atoms with van der Waals surface area (Å²) in [5.74, 6) is -0.562. The Hall–Kier alpha value is -0.730. The highest BCUT2D eigenvalue weighted by molar-refractivity contribution is 6.43. The molecule has 0 atom stereocenters. The van der Waals surface area contributed by atoms with Crippen LogP contribution in [0.4, 0.5) is 0 Å². The first-order valence-corrected chi connectivity index (χ1v) is 5.28. The zero-order valence-electron chi connectivity index (χ0n) is 8.90. The minimum atomic E-state index is -0.562. The van der Waals surface area contributed by atoms with Gasteiger partial charge in [-0.2, -0.15) is 0 Å². The number of hydrogen-bond donors (Lipinski definition) is 1. The van der Waals surface area contributed by atoms with Gasteiger partial charge in [-0.25, -0.2) is 0 Å². The van der Waals surface area contributed by atoms with Crippen molar-refractivity contribution in [2.45, 2.75) is 26.2 Å². The number of nitrogens with two attached hydrogens (primary N) is 1. The number of halogens is 2. The second-order valence-electron chi connectivity index (χ2n) is 4.43. The van der Waals surface area contributed by atoms with Crippen molar-refractivity contribution in [1.29, 1.82) is 0 Å². The van der Waals surface area contributed by atoms with Crippen molar-refractivity contribution < 1.29 is 4.79 Å². The number of carbonyl (C=O) groups is 1. The molecule has 0 heterocycles. The molecule has 15 heavy (non-hydrogen) atoms. The Morgan fingerprint density at radius 3 is 2.20 bits per heavy atom.